The standard InChI is InChI=1S/C15H22O3/c1-9-5-4-6-14(3)8-12-11(7-15(9,14)17)10(2)13(16)18-12/h10-12,17H,1,4-8H2,2-3H3. The smallest absolute Gasteiger partial charge is 0.309 e. The van der Waals surface area contributed by atoms with Crippen molar-refractivity contribution < 1.29 is 14.6 Å². The topological polar surface area (TPSA) is 46.5 Å². The molecular weight excluding hydrogens is 228 g/mol. The van der Waals surface area contributed by atoms with Crippen molar-refractivity contribution in [1.82, 2.24) is 0 Å². The van der Waals surface area contributed by atoms with E-state index in [9.17, 15) is 9.90 Å². The molecule has 1 saturated heterocycles. The molecule has 3 nitrogen and oxygen atoms in total. The number of rotatable bonds is 0. The van der Waals surface area contributed by atoms with E-state index in [0.717, 1.165) is 31.3 Å². The highest BCUT2D eigenvalue weighted by molar-refractivity contribution is 5.75. The lowest BCUT2D eigenvalue weighted by atomic mass is 9.52. The monoisotopic (exact) mass is 250 g/mol. The van der Waals surface area contributed by atoms with Crippen molar-refractivity contribution in [2.75, 3.05) is 0 Å². The van der Waals surface area contributed by atoms with Gasteiger partial charge in [0.05, 0.1) is 11.5 Å². The van der Waals surface area contributed by atoms with Gasteiger partial charge < -0.3 is 9.84 Å². The SMILES string of the molecule is C=C1CCCC2(C)CC3OC(=O)C(C)C3CC12O. The van der Waals surface area contributed by atoms with Gasteiger partial charge in [-0.05, 0) is 37.7 Å². The third-order valence-corrected chi connectivity index (χ3v) is 5.73. The maximum absolute atomic E-state index is 11.7. The Hall–Kier alpha value is -0.830. The van der Waals surface area contributed by atoms with Crippen molar-refractivity contribution in [3.8, 4) is 0 Å². The highest BCUT2D eigenvalue weighted by Gasteiger charge is 2.60. The van der Waals surface area contributed by atoms with Gasteiger partial charge in [0.25, 0.3) is 0 Å². The number of hydrogen-bond acceptors (Lipinski definition) is 3. The largest absolute Gasteiger partial charge is 0.462 e. The summed E-state index contributed by atoms with van der Waals surface area (Å²) in [5.41, 5.74) is -0.0103. The molecular formula is C15H22O3. The fraction of sp³-hybridized carbons (Fsp3) is 0.800. The number of hydrogen-bond donors (Lipinski definition) is 1. The molecule has 0 amide bonds. The minimum atomic E-state index is -0.797. The lowest BCUT2D eigenvalue weighted by Gasteiger charge is -2.55. The molecule has 3 rings (SSSR count). The van der Waals surface area contributed by atoms with E-state index in [1.807, 2.05) is 6.92 Å². The van der Waals surface area contributed by atoms with Gasteiger partial charge in [0.1, 0.15) is 6.10 Å². The summed E-state index contributed by atoms with van der Waals surface area (Å²) in [5, 5.41) is 11.1. The molecule has 0 spiro atoms. The van der Waals surface area contributed by atoms with E-state index in [1.165, 1.54) is 0 Å². The molecule has 3 fully saturated rings. The number of esters is 1. The van der Waals surface area contributed by atoms with Crippen LogP contribution in [0.4, 0.5) is 0 Å². The first-order valence-electron chi connectivity index (χ1n) is 6.98. The zero-order chi connectivity index (χ0) is 13.1. The minimum absolute atomic E-state index is 0.00340. The highest BCUT2D eigenvalue weighted by Crippen LogP contribution is 2.59. The van der Waals surface area contributed by atoms with Crippen LogP contribution in [0.1, 0.15) is 46.0 Å². The van der Waals surface area contributed by atoms with Crippen molar-refractivity contribution in [2.45, 2.75) is 57.7 Å². The third kappa shape index (κ3) is 1.37. The van der Waals surface area contributed by atoms with Gasteiger partial charge in [-0.3, -0.25) is 4.79 Å². The number of fused-ring (bicyclic) bond motifs is 2. The molecule has 1 heterocycles. The van der Waals surface area contributed by atoms with Crippen LogP contribution >= 0.6 is 0 Å². The van der Waals surface area contributed by atoms with Crippen LogP contribution in [0, 0.1) is 17.3 Å². The first-order chi connectivity index (χ1) is 8.37. The highest BCUT2D eigenvalue weighted by atomic mass is 16.6. The average molecular weight is 250 g/mol. The van der Waals surface area contributed by atoms with E-state index in [-0.39, 0.29) is 29.3 Å². The quantitative estimate of drug-likeness (QED) is 0.530. The van der Waals surface area contributed by atoms with Gasteiger partial charge in [-0.1, -0.05) is 20.4 Å². The third-order valence-electron chi connectivity index (χ3n) is 5.73. The van der Waals surface area contributed by atoms with Crippen molar-refractivity contribution in [3.63, 3.8) is 0 Å². The molecule has 1 N–H and O–H groups in total. The zero-order valence-electron chi connectivity index (χ0n) is 11.2. The molecule has 0 aromatic heterocycles. The molecule has 1 aliphatic heterocycles. The summed E-state index contributed by atoms with van der Waals surface area (Å²) in [6, 6.07) is 0. The molecule has 100 valence electrons. The van der Waals surface area contributed by atoms with Crippen LogP contribution in [0.25, 0.3) is 0 Å². The van der Waals surface area contributed by atoms with Crippen LogP contribution in [-0.4, -0.2) is 22.8 Å². The van der Waals surface area contributed by atoms with Crippen molar-refractivity contribution >= 4 is 5.97 Å². The minimum Gasteiger partial charge on any atom is -0.462 e. The molecule has 0 radical (unpaired) electrons. The van der Waals surface area contributed by atoms with Crippen molar-refractivity contribution in [3.05, 3.63) is 12.2 Å². The van der Waals surface area contributed by atoms with Gasteiger partial charge in [-0.2, -0.15) is 0 Å². The number of carbonyl (C=O) groups excluding carboxylic acids is 1. The van der Waals surface area contributed by atoms with Gasteiger partial charge in [0.15, 0.2) is 0 Å². The molecule has 0 bridgehead atoms. The van der Waals surface area contributed by atoms with E-state index < -0.39 is 5.60 Å². The van der Waals surface area contributed by atoms with E-state index in [4.69, 9.17) is 4.74 Å². The summed E-state index contributed by atoms with van der Waals surface area (Å²) < 4.78 is 5.49. The number of aliphatic hydroxyl groups is 1. The van der Waals surface area contributed by atoms with Gasteiger partial charge in [-0.15, -0.1) is 0 Å². The van der Waals surface area contributed by atoms with Crippen LogP contribution in [-0.2, 0) is 9.53 Å². The Kier molecular flexibility index (Phi) is 2.44. The first kappa shape index (κ1) is 12.2. The Morgan fingerprint density at radius 1 is 1.44 bits per heavy atom. The summed E-state index contributed by atoms with van der Waals surface area (Å²) in [5.74, 6) is -0.0230. The molecule has 0 aromatic carbocycles. The van der Waals surface area contributed by atoms with Gasteiger partial charge in [0.2, 0.25) is 0 Å². The Balaban J connectivity index is 1.97. The summed E-state index contributed by atoms with van der Waals surface area (Å²) in [6.45, 7) is 8.15. The Labute approximate surface area is 108 Å². The van der Waals surface area contributed by atoms with E-state index >= 15 is 0 Å². The lowest BCUT2D eigenvalue weighted by Crippen LogP contribution is -2.57. The van der Waals surface area contributed by atoms with Crippen LogP contribution in [0.5, 0.6) is 0 Å². The Morgan fingerprint density at radius 2 is 2.17 bits per heavy atom. The molecule has 18 heavy (non-hydrogen) atoms. The summed E-state index contributed by atoms with van der Waals surface area (Å²) in [6.07, 6.45) is 4.41. The number of ether oxygens (including phenoxy) is 1. The molecule has 3 aliphatic rings. The van der Waals surface area contributed by atoms with E-state index in [2.05, 4.69) is 13.5 Å². The van der Waals surface area contributed by atoms with Crippen molar-refractivity contribution in [2.24, 2.45) is 17.3 Å². The normalized spacial score (nSPS) is 51.6. The van der Waals surface area contributed by atoms with Crippen LogP contribution in [0.2, 0.25) is 0 Å². The Bertz CT molecular complexity index is 416. The zero-order valence-corrected chi connectivity index (χ0v) is 11.2. The molecule has 3 heteroatoms. The molecule has 0 aromatic rings. The fourth-order valence-electron chi connectivity index (χ4n) is 4.32. The molecule has 2 saturated carbocycles. The molecule has 5 unspecified atom stereocenters. The lowest BCUT2D eigenvalue weighted by molar-refractivity contribution is -0.155. The van der Waals surface area contributed by atoms with E-state index in [1.54, 1.807) is 0 Å². The molecule has 5 atom stereocenters. The van der Waals surface area contributed by atoms with Gasteiger partial charge in [0, 0.05) is 11.3 Å². The van der Waals surface area contributed by atoms with Crippen molar-refractivity contribution in [1.29, 1.82) is 0 Å². The summed E-state index contributed by atoms with van der Waals surface area (Å²) in [4.78, 5) is 11.7. The maximum Gasteiger partial charge on any atom is 0.309 e. The van der Waals surface area contributed by atoms with Crippen LogP contribution in [0.15, 0.2) is 12.2 Å². The fourth-order valence-corrected chi connectivity index (χ4v) is 4.32. The second kappa shape index (κ2) is 3.60. The maximum atomic E-state index is 11.7. The average Bonchev–Trinajstić information content (AvgIpc) is 2.55. The Morgan fingerprint density at radius 3 is 2.89 bits per heavy atom. The van der Waals surface area contributed by atoms with Crippen LogP contribution in [0.3, 0.4) is 0 Å². The van der Waals surface area contributed by atoms with Gasteiger partial charge >= 0.3 is 5.97 Å². The predicted molar refractivity (Wildman–Crippen MR) is 67.8 cm³/mol. The number of carbonyl (C=O) groups is 1. The first-order valence-corrected chi connectivity index (χ1v) is 6.98. The van der Waals surface area contributed by atoms with Gasteiger partial charge in [-0.25, -0.2) is 0 Å². The van der Waals surface area contributed by atoms with Crippen LogP contribution < -0.4 is 0 Å². The summed E-state index contributed by atoms with van der Waals surface area (Å²) in [7, 11) is 0. The second-order valence-corrected chi connectivity index (χ2v) is 6.71. The summed E-state index contributed by atoms with van der Waals surface area (Å²) >= 11 is 0. The second-order valence-electron chi connectivity index (χ2n) is 6.71. The van der Waals surface area contributed by atoms with E-state index in [0.29, 0.717) is 6.42 Å². The predicted octanol–water partition coefficient (Wildman–Crippen LogP) is 2.44. The molecule has 2 aliphatic carbocycles.